The van der Waals surface area contributed by atoms with Crippen molar-refractivity contribution < 1.29 is 5.11 Å². The van der Waals surface area contributed by atoms with E-state index in [4.69, 9.17) is 0 Å². The molecule has 0 spiro atoms. The summed E-state index contributed by atoms with van der Waals surface area (Å²) in [5.74, 6) is 1.55. The number of rotatable bonds is 3. The molecule has 0 aromatic carbocycles. The summed E-state index contributed by atoms with van der Waals surface area (Å²) >= 11 is 0. The van der Waals surface area contributed by atoms with Crippen LogP contribution in [-0.4, -0.2) is 40.8 Å². The number of hydrogen-bond donors (Lipinski definition) is 2. The van der Waals surface area contributed by atoms with Gasteiger partial charge in [0.25, 0.3) is 0 Å². The van der Waals surface area contributed by atoms with Gasteiger partial charge in [-0.2, -0.15) is 4.98 Å². The van der Waals surface area contributed by atoms with Crippen LogP contribution in [0.3, 0.4) is 0 Å². The zero-order valence-electron chi connectivity index (χ0n) is 9.56. The summed E-state index contributed by atoms with van der Waals surface area (Å²) < 4.78 is 0. The highest BCUT2D eigenvalue weighted by atomic mass is 16.3. The van der Waals surface area contributed by atoms with Crippen molar-refractivity contribution in [2.75, 3.05) is 29.9 Å². The largest absolute Gasteiger partial charge is 0.391 e. The van der Waals surface area contributed by atoms with Gasteiger partial charge < -0.3 is 15.3 Å². The minimum atomic E-state index is -0.230. The van der Waals surface area contributed by atoms with E-state index in [1.807, 2.05) is 13.0 Å². The van der Waals surface area contributed by atoms with Crippen LogP contribution in [-0.2, 0) is 0 Å². The number of nitrogens with zero attached hydrogens (tertiary/aromatic N) is 3. The number of aliphatic hydroxyl groups excluding tert-OH is 1. The smallest absolute Gasteiger partial charge is 0.224 e. The Bertz CT molecular complexity index is 345. The first kappa shape index (κ1) is 11.1. The third-order valence-corrected chi connectivity index (χ3v) is 2.70. The molecule has 5 heteroatoms. The Kier molecular flexibility index (Phi) is 3.56. The maximum Gasteiger partial charge on any atom is 0.224 e. The fourth-order valence-corrected chi connectivity index (χ4v) is 1.93. The third-order valence-electron chi connectivity index (χ3n) is 2.70. The van der Waals surface area contributed by atoms with E-state index in [0.29, 0.717) is 12.5 Å². The maximum absolute atomic E-state index is 9.61. The molecule has 1 saturated heterocycles. The first-order valence-corrected chi connectivity index (χ1v) is 5.79. The summed E-state index contributed by atoms with van der Waals surface area (Å²) in [7, 11) is 0. The van der Waals surface area contributed by atoms with Crippen LogP contribution in [0.15, 0.2) is 12.3 Å². The van der Waals surface area contributed by atoms with Crippen molar-refractivity contribution in [2.24, 2.45) is 0 Å². The van der Waals surface area contributed by atoms with Crippen LogP contribution < -0.4 is 10.2 Å². The van der Waals surface area contributed by atoms with Crippen molar-refractivity contribution in [3.8, 4) is 0 Å². The Morgan fingerprint density at radius 1 is 1.62 bits per heavy atom. The van der Waals surface area contributed by atoms with Gasteiger partial charge in [-0.05, 0) is 25.8 Å². The Morgan fingerprint density at radius 2 is 2.50 bits per heavy atom. The highest BCUT2D eigenvalue weighted by molar-refractivity contribution is 5.42. The number of piperidine rings is 1. The van der Waals surface area contributed by atoms with Crippen molar-refractivity contribution >= 4 is 11.8 Å². The number of aromatic nitrogens is 2. The topological polar surface area (TPSA) is 61.3 Å². The van der Waals surface area contributed by atoms with Gasteiger partial charge >= 0.3 is 0 Å². The first-order valence-electron chi connectivity index (χ1n) is 5.79. The van der Waals surface area contributed by atoms with Gasteiger partial charge in [-0.1, -0.05) is 0 Å². The molecule has 1 aromatic rings. The van der Waals surface area contributed by atoms with E-state index in [0.717, 1.165) is 31.7 Å². The summed E-state index contributed by atoms with van der Waals surface area (Å²) in [5, 5.41) is 12.7. The number of hydrogen-bond acceptors (Lipinski definition) is 5. The van der Waals surface area contributed by atoms with Crippen LogP contribution in [0.1, 0.15) is 19.8 Å². The van der Waals surface area contributed by atoms with Crippen molar-refractivity contribution in [3.05, 3.63) is 12.3 Å². The van der Waals surface area contributed by atoms with E-state index < -0.39 is 0 Å². The Balaban J connectivity index is 2.09. The molecule has 1 aromatic heterocycles. The lowest BCUT2D eigenvalue weighted by molar-refractivity contribution is 0.154. The maximum atomic E-state index is 9.61. The molecule has 0 saturated carbocycles. The molecular formula is C11H18N4O. The second-order valence-electron chi connectivity index (χ2n) is 4.01. The van der Waals surface area contributed by atoms with Crippen LogP contribution in [0.25, 0.3) is 0 Å². The molecule has 2 rings (SSSR count). The molecule has 0 amide bonds. The molecule has 1 fully saturated rings. The summed E-state index contributed by atoms with van der Waals surface area (Å²) in [6.45, 7) is 4.45. The van der Waals surface area contributed by atoms with Crippen molar-refractivity contribution in [2.45, 2.75) is 25.9 Å². The molecular weight excluding hydrogens is 204 g/mol. The number of aliphatic hydroxyl groups is 1. The minimum Gasteiger partial charge on any atom is -0.391 e. The fourth-order valence-electron chi connectivity index (χ4n) is 1.93. The van der Waals surface area contributed by atoms with Crippen LogP contribution in [0, 0.1) is 0 Å². The van der Waals surface area contributed by atoms with Crippen LogP contribution in [0.2, 0.25) is 0 Å². The molecule has 0 bridgehead atoms. The van der Waals surface area contributed by atoms with Crippen molar-refractivity contribution in [3.63, 3.8) is 0 Å². The van der Waals surface area contributed by atoms with Crippen LogP contribution in [0.4, 0.5) is 11.8 Å². The molecule has 1 atom stereocenters. The quantitative estimate of drug-likeness (QED) is 0.794. The van der Waals surface area contributed by atoms with Gasteiger partial charge in [0.05, 0.1) is 6.10 Å². The van der Waals surface area contributed by atoms with Gasteiger partial charge in [0.1, 0.15) is 5.82 Å². The van der Waals surface area contributed by atoms with E-state index in [-0.39, 0.29) is 6.10 Å². The molecule has 1 aliphatic rings. The van der Waals surface area contributed by atoms with E-state index in [1.165, 1.54) is 0 Å². The lowest BCUT2D eigenvalue weighted by Gasteiger charge is -2.31. The van der Waals surface area contributed by atoms with Gasteiger partial charge in [0, 0.05) is 25.8 Å². The highest BCUT2D eigenvalue weighted by Crippen LogP contribution is 2.18. The molecule has 2 heterocycles. The molecule has 0 radical (unpaired) electrons. The average molecular weight is 222 g/mol. The van der Waals surface area contributed by atoms with Crippen LogP contribution >= 0.6 is 0 Å². The van der Waals surface area contributed by atoms with Gasteiger partial charge in [0.15, 0.2) is 0 Å². The normalized spacial score (nSPS) is 20.9. The SMILES string of the molecule is CCNc1nccc(N2CCC[C@@H](O)C2)n1. The molecule has 88 valence electrons. The standard InChI is InChI=1S/C11H18N4O/c1-2-12-11-13-6-5-10(14-11)15-7-3-4-9(16)8-15/h5-6,9,16H,2-4,7-8H2,1H3,(H,12,13,14)/t9-/m1/s1. The third kappa shape index (κ3) is 2.61. The average Bonchev–Trinajstić information content (AvgIpc) is 2.30. The van der Waals surface area contributed by atoms with Crippen molar-refractivity contribution in [1.29, 1.82) is 0 Å². The van der Waals surface area contributed by atoms with E-state index in [9.17, 15) is 5.11 Å². The van der Waals surface area contributed by atoms with E-state index in [1.54, 1.807) is 6.20 Å². The molecule has 16 heavy (non-hydrogen) atoms. The summed E-state index contributed by atoms with van der Waals surface area (Å²) in [4.78, 5) is 10.7. The number of anilines is 2. The summed E-state index contributed by atoms with van der Waals surface area (Å²) in [6, 6.07) is 1.89. The van der Waals surface area contributed by atoms with Gasteiger partial charge in [0.2, 0.25) is 5.95 Å². The molecule has 2 N–H and O–H groups in total. The molecule has 1 aliphatic heterocycles. The Labute approximate surface area is 95.5 Å². The van der Waals surface area contributed by atoms with E-state index in [2.05, 4.69) is 20.2 Å². The summed E-state index contributed by atoms with van der Waals surface area (Å²) in [5.41, 5.74) is 0. The minimum absolute atomic E-state index is 0.230. The second kappa shape index (κ2) is 5.12. The fraction of sp³-hybridized carbons (Fsp3) is 0.636. The number of nitrogens with one attached hydrogen (secondary N) is 1. The van der Waals surface area contributed by atoms with E-state index >= 15 is 0 Å². The lowest BCUT2D eigenvalue weighted by atomic mass is 10.1. The summed E-state index contributed by atoms with van der Waals surface area (Å²) in [6.07, 6.45) is 3.43. The predicted octanol–water partition coefficient (Wildman–Crippen LogP) is 0.869. The molecule has 5 nitrogen and oxygen atoms in total. The Morgan fingerprint density at radius 3 is 3.25 bits per heavy atom. The van der Waals surface area contributed by atoms with Gasteiger partial charge in [-0.3, -0.25) is 0 Å². The second-order valence-corrected chi connectivity index (χ2v) is 4.01. The predicted molar refractivity (Wildman–Crippen MR) is 63.6 cm³/mol. The number of β-amino-alcohol motifs (C(OH)–C–C–N with tert-alkyl or cyclic N) is 1. The lowest BCUT2D eigenvalue weighted by Crippen LogP contribution is -2.38. The zero-order chi connectivity index (χ0) is 11.4. The van der Waals surface area contributed by atoms with Crippen LogP contribution in [0.5, 0.6) is 0 Å². The van der Waals surface area contributed by atoms with Gasteiger partial charge in [-0.25, -0.2) is 4.98 Å². The van der Waals surface area contributed by atoms with Gasteiger partial charge in [-0.15, -0.1) is 0 Å². The van der Waals surface area contributed by atoms with Crippen molar-refractivity contribution in [1.82, 2.24) is 9.97 Å². The Hall–Kier alpha value is -1.36. The monoisotopic (exact) mass is 222 g/mol. The first-order chi connectivity index (χ1) is 7.79. The zero-order valence-corrected chi connectivity index (χ0v) is 9.56. The molecule has 0 unspecified atom stereocenters. The molecule has 0 aliphatic carbocycles. The highest BCUT2D eigenvalue weighted by Gasteiger charge is 2.18.